The Balaban J connectivity index is 2.02. The SMILES string of the molecule is CN(Cc1cccs1)C(=O)N(CC(=O)O)C1CCCC1. The number of carbonyl (C=O) groups excluding carboxylic acids is 1. The van der Waals surface area contributed by atoms with Crippen molar-refractivity contribution in [3.63, 3.8) is 0 Å². The third-order valence-electron chi connectivity index (χ3n) is 3.62. The topological polar surface area (TPSA) is 60.9 Å². The zero-order valence-electron chi connectivity index (χ0n) is 11.6. The minimum atomic E-state index is -0.949. The molecule has 110 valence electrons. The van der Waals surface area contributed by atoms with Gasteiger partial charge in [-0.1, -0.05) is 18.9 Å². The number of aliphatic carboxylic acids is 1. The molecule has 0 atom stereocenters. The number of rotatable bonds is 5. The van der Waals surface area contributed by atoms with E-state index in [0.717, 1.165) is 30.6 Å². The van der Waals surface area contributed by atoms with Crippen LogP contribution in [0.2, 0.25) is 0 Å². The predicted octanol–water partition coefficient (Wildman–Crippen LogP) is 2.63. The van der Waals surface area contributed by atoms with Crippen LogP contribution >= 0.6 is 11.3 Å². The van der Waals surface area contributed by atoms with Gasteiger partial charge in [0.2, 0.25) is 0 Å². The van der Waals surface area contributed by atoms with E-state index in [2.05, 4.69) is 0 Å². The summed E-state index contributed by atoms with van der Waals surface area (Å²) in [5.74, 6) is -0.949. The summed E-state index contributed by atoms with van der Waals surface area (Å²) in [6.45, 7) is 0.317. The van der Waals surface area contributed by atoms with Crippen molar-refractivity contribution in [3.8, 4) is 0 Å². The first-order chi connectivity index (χ1) is 9.58. The van der Waals surface area contributed by atoms with Crippen molar-refractivity contribution in [2.45, 2.75) is 38.3 Å². The van der Waals surface area contributed by atoms with Crippen LogP contribution in [0.25, 0.3) is 0 Å². The lowest BCUT2D eigenvalue weighted by Gasteiger charge is -2.31. The molecule has 1 N–H and O–H groups in total. The van der Waals surface area contributed by atoms with Gasteiger partial charge in [-0.25, -0.2) is 4.79 Å². The minimum absolute atomic E-state index is 0.0735. The van der Waals surface area contributed by atoms with Crippen LogP contribution in [0.1, 0.15) is 30.6 Å². The van der Waals surface area contributed by atoms with Gasteiger partial charge in [0.1, 0.15) is 6.54 Å². The van der Waals surface area contributed by atoms with Gasteiger partial charge < -0.3 is 14.9 Å². The second-order valence-corrected chi connectivity index (χ2v) is 6.21. The number of urea groups is 1. The first-order valence-corrected chi connectivity index (χ1v) is 7.72. The van der Waals surface area contributed by atoms with Gasteiger partial charge in [-0.15, -0.1) is 11.3 Å². The van der Waals surface area contributed by atoms with Gasteiger partial charge in [0.15, 0.2) is 0 Å². The molecule has 5 nitrogen and oxygen atoms in total. The zero-order chi connectivity index (χ0) is 14.5. The van der Waals surface area contributed by atoms with E-state index in [1.165, 1.54) is 4.90 Å². The monoisotopic (exact) mass is 296 g/mol. The fourth-order valence-corrected chi connectivity index (χ4v) is 3.40. The highest BCUT2D eigenvalue weighted by Crippen LogP contribution is 2.24. The van der Waals surface area contributed by atoms with Crippen LogP contribution in [-0.2, 0) is 11.3 Å². The lowest BCUT2D eigenvalue weighted by atomic mass is 10.2. The van der Waals surface area contributed by atoms with Crippen molar-refractivity contribution in [2.75, 3.05) is 13.6 Å². The number of nitrogens with zero attached hydrogens (tertiary/aromatic N) is 2. The second kappa shape index (κ2) is 6.74. The van der Waals surface area contributed by atoms with E-state index >= 15 is 0 Å². The molecule has 6 heteroatoms. The van der Waals surface area contributed by atoms with Crippen LogP contribution in [0.4, 0.5) is 4.79 Å². The van der Waals surface area contributed by atoms with Gasteiger partial charge in [-0.3, -0.25) is 4.79 Å². The molecule has 0 saturated heterocycles. The molecule has 1 fully saturated rings. The Morgan fingerprint density at radius 2 is 2.10 bits per heavy atom. The first-order valence-electron chi connectivity index (χ1n) is 6.84. The molecule has 1 aromatic heterocycles. The number of thiophene rings is 1. The van der Waals surface area contributed by atoms with Crippen LogP contribution in [0, 0.1) is 0 Å². The Morgan fingerprint density at radius 1 is 1.40 bits per heavy atom. The Morgan fingerprint density at radius 3 is 2.65 bits per heavy atom. The van der Waals surface area contributed by atoms with E-state index in [9.17, 15) is 9.59 Å². The molecular weight excluding hydrogens is 276 g/mol. The van der Waals surface area contributed by atoms with Crippen LogP contribution in [0.5, 0.6) is 0 Å². The van der Waals surface area contributed by atoms with Crippen molar-refractivity contribution in [3.05, 3.63) is 22.4 Å². The Bertz CT molecular complexity index is 455. The molecule has 0 aromatic carbocycles. The zero-order valence-corrected chi connectivity index (χ0v) is 12.4. The fraction of sp³-hybridized carbons (Fsp3) is 0.571. The molecule has 2 rings (SSSR count). The van der Waals surface area contributed by atoms with Crippen molar-refractivity contribution >= 4 is 23.3 Å². The molecule has 0 spiro atoms. The molecular formula is C14H20N2O3S. The Labute approximate surface area is 122 Å². The number of carboxylic acid groups (broad SMARTS) is 1. The molecule has 1 aliphatic rings. The molecule has 0 radical (unpaired) electrons. The quantitative estimate of drug-likeness (QED) is 0.908. The average Bonchev–Trinajstić information content (AvgIpc) is 3.07. The largest absolute Gasteiger partial charge is 0.480 e. The first kappa shape index (κ1) is 14.8. The van der Waals surface area contributed by atoms with Gasteiger partial charge in [-0.05, 0) is 24.3 Å². The summed E-state index contributed by atoms with van der Waals surface area (Å²) in [7, 11) is 1.73. The van der Waals surface area contributed by atoms with Crippen LogP contribution < -0.4 is 0 Å². The third kappa shape index (κ3) is 3.72. The second-order valence-electron chi connectivity index (χ2n) is 5.18. The molecule has 1 aliphatic carbocycles. The van der Waals surface area contributed by atoms with Gasteiger partial charge in [0, 0.05) is 18.0 Å². The van der Waals surface area contributed by atoms with Crippen molar-refractivity contribution < 1.29 is 14.7 Å². The summed E-state index contributed by atoms with van der Waals surface area (Å²) >= 11 is 1.60. The third-order valence-corrected chi connectivity index (χ3v) is 4.48. The Hall–Kier alpha value is -1.56. The highest BCUT2D eigenvalue weighted by atomic mass is 32.1. The normalized spacial score (nSPS) is 15.2. The van der Waals surface area contributed by atoms with E-state index in [0.29, 0.717) is 6.54 Å². The summed E-state index contributed by atoms with van der Waals surface area (Å²) in [6.07, 6.45) is 3.96. The molecule has 20 heavy (non-hydrogen) atoms. The summed E-state index contributed by atoms with van der Waals surface area (Å²) in [5.41, 5.74) is 0. The average molecular weight is 296 g/mol. The number of hydrogen-bond acceptors (Lipinski definition) is 3. The van der Waals surface area contributed by atoms with Gasteiger partial charge in [0.05, 0.1) is 6.54 Å². The molecule has 1 saturated carbocycles. The van der Waals surface area contributed by atoms with E-state index < -0.39 is 5.97 Å². The van der Waals surface area contributed by atoms with Gasteiger partial charge >= 0.3 is 12.0 Å². The number of hydrogen-bond donors (Lipinski definition) is 1. The molecule has 2 amide bonds. The maximum Gasteiger partial charge on any atom is 0.323 e. The standard InChI is InChI=1S/C14H20N2O3S/c1-15(9-12-7-4-8-20-12)14(19)16(10-13(17)18)11-5-2-3-6-11/h4,7-8,11H,2-3,5-6,9-10H2,1H3,(H,17,18). The number of amides is 2. The van der Waals surface area contributed by atoms with E-state index in [1.54, 1.807) is 23.3 Å². The summed E-state index contributed by atoms with van der Waals surface area (Å²) in [4.78, 5) is 27.7. The van der Waals surface area contributed by atoms with Gasteiger partial charge in [0.25, 0.3) is 0 Å². The maximum atomic E-state index is 12.5. The van der Waals surface area contributed by atoms with E-state index in [4.69, 9.17) is 5.11 Å². The molecule has 0 bridgehead atoms. The van der Waals surface area contributed by atoms with Crippen molar-refractivity contribution in [2.24, 2.45) is 0 Å². The fourth-order valence-electron chi connectivity index (χ4n) is 2.64. The molecule has 0 unspecified atom stereocenters. The summed E-state index contributed by atoms with van der Waals surface area (Å²) < 4.78 is 0. The smallest absolute Gasteiger partial charge is 0.323 e. The lowest BCUT2D eigenvalue weighted by Crippen LogP contribution is -2.47. The summed E-state index contributed by atoms with van der Waals surface area (Å²) in [6, 6.07) is 3.81. The van der Waals surface area contributed by atoms with E-state index in [1.807, 2.05) is 17.5 Å². The van der Waals surface area contributed by atoms with Crippen molar-refractivity contribution in [1.82, 2.24) is 9.80 Å². The van der Waals surface area contributed by atoms with Gasteiger partial charge in [-0.2, -0.15) is 0 Å². The van der Waals surface area contributed by atoms with Crippen molar-refractivity contribution in [1.29, 1.82) is 0 Å². The van der Waals surface area contributed by atoms with E-state index in [-0.39, 0.29) is 18.6 Å². The van der Waals surface area contributed by atoms with Crippen LogP contribution in [-0.4, -0.2) is 46.5 Å². The molecule has 1 aromatic rings. The summed E-state index contributed by atoms with van der Waals surface area (Å²) in [5, 5.41) is 11.0. The number of carbonyl (C=O) groups is 2. The predicted molar refractivity (Wildman–Crippen MR) is 77.8 cm³/mol. The molecule has 1 heterocycles. The molecule has 0 aliphatic heterocycles. The highest BCUT2D eigenvalue weighted by molar-refractivity contribution is 7.09. The lowest BCUT2D eigenvalue weighted by molar-refractivity contribution is -0.138. The van der Waals surface area contributed by atoms with Crippen LogP contribution in [0.3, 0.4) is 0 Å². The Kier molecular flexibility index (Phi) is 5.00. The highest BCUT2D eigenvalue weighted by Gasteiger charge is 2.30. The number of carboxylic acids is 1. The maximum absolute atomic E-state index is 12.5. The van der Waals surface area contributed by atoms with Crippen LogP contribution in [0.15, 0.2) is 17.5 Å². The minimum Gasteiger partial charge on any atom is -0.480 e.